The maximum absolute atomic E-state index is 13.3. The Morgan fingerprint density at radius 2 is 1.60 bits per heavy atom. The molecule has 0 radical (unpaired) electrons. The molecule has 4 aromatic carbocycles. The third-order valence-corrected chi connectivity index (χ3v) is 9.46. The van der Waals surface area contributed by atoms with E-state index in [-0.39, 0.29) is 28.9 Å². The van der Waals surface area contributed by atoms with E-state index in [4.69, 9.17) is 4.74 Å². The number of hydrogen-bond donors (Lipinski definition) is 3. The predicted octanol–water partition coefficient (Wildman–Crippen LogP) is 8.40. The highest BCUT2D eigenvalue weighted by Gasteiger charge is 2.20. The SMILES string of the molecule is CCCCCc1ccc(OC(CC)CNS(=O)(=O)c2cccc(NC(=O)c3ccc4ccccc4c3O)c2)c(CCCCC)c1. The second-order valence-corrected chi connectivity index (χ2v) is 13.3. The smallest absolute Gasteiger partial charge is 0.259 e. The minimum absolute atomic E-state index is 0.0228. The molecule has 0 saturated heterocycles. The highest BCUT2D eigenvalue weighted by molar-refractivity contribution is 7.89. The molecule has 0 spiro atoms. The van der Waals surface area contributed by atoms with Gasteiger partial charge in [-0.05, 0) is 78.9 Å². The molecule has 0 heterocycles. The van der Waals surface area contributed by atoms with Crippen molar-refractivity contribution in [3.8, 4) is 11.5 Å². The van der Waals surface area contributed by atoms with Gasteiger partial charge in [0.05, 0.1) is 10.5 Å². The average Bonchev–Trinajstić information content (AvgIpc) is 3.04. The van der Waals surface area contributed by atoms with Gasteiger partial charge in [-0.15, -0.1) is 0 Å². The van der Waals surface area contributed by atoms with Crippen LogP contribution in [0.3, 0.4) is 0 Å². The molecular weight excluding hydrogens is 584 g/mol. The minimum atomic E-state index is -3.90. The van der Waals surface area contributed by atoms with Gasteiger partial charge in [0, 0.05) is 17.6 Å². The van der Waals surface area contributed by atoms with Crippen LogP contribution in [0.1, 0.15) is 87.2 Å². The molecule has 0 saturated carbocycles. The summed E-state index contributed by atoms with van der Waals surface area (Å²) < 4.78 is 35.7. The van der Waals surface area contributed by atoms with Crippen LogP contribution in [0.4, 0.5) is 5.69 Å². The Balaban J connectivity index is 1.42. The summed E-state index contributed by atoms with van der Waals surface area (Å²) in [6.07, 6.45) is 9.20. The molecule has 8 heteroatoms. The van der Waals surface area contributed by atoms with E-state index in [1.807, 2.05) is 25.1 Å². The fraction of sp³-hybridized carbons (Fsp3) is 0.378. The number of anilines is 1. The van der Waals surface area contributed by atoms with Gasteiger partial charge in [-0.3, -0.25) is 4.79 Å². The largest absolute Gasteiger partial charge is 0.506 e. The maximum atomic E-state index is 13.3. The van der Waals surface area contributed by atoms with Gasteiger partial charge in [-0.2, -0.15) is 0 Å². The molecule has 1 atom stereocenters. The van der Waals surface area contributed by atoms with Gasteiger partial charge in [-0.25, -0.2) is 13.1 Å². The highest BCUT2D eigenvalue weighted by Crippen LogP contribution is 2.30. The Morgan fingerprint density at radius 3 is 2.36 bits per heavy atom. The number of unbranched alkanes of at least 4 members (excludes halogenated alkanes) is 4. The zero-order valence-corrected chi connectivity index (χ0v) is 27.5. The first-order chi connectivity index (χ1) is 21.7. The summed E-state index contributed by atoms with van der Waals surface area (Å²) >= 11 is 0. The second-order valence-electron chi connectivity index (χ2n) is 11.5. The van der Waals surface area contributed by atoms with Crippen LogP contribution in [0.15, 0.2) is 83.8 Å². The average molecular weight is 631 g/mol. The zero-order chi connectivity index (χ0) is 32.2. The van der Waals surface area contributed by atoms with E-state index in [0.29, 0.717) is 17.5 Å². The molecule has 0 bridgehead atoms. The van der Waals surface area contributed by atoms with Crippen LogP contribution in [0.2, 0.25) is 0 Å². The van der Waals surface area contributed by atoms with Gasteiger partial charge in [-0.1, -0.05) is 95.0 Å². The topological polar surface area (TPSA) is 105 Å². The first-order valence-electron chi connectivity index (χ1n) is 16.2. The Labute approximate surface area is 268 Å². The molecule has 7 nitrogen and oxygen atoms in total. The molecule has 1 amide bonds. The summed E-state index contributed by atoms with van der Waals surface area (Å²) in [6, 6.07) is 23.0. The first-order valence-corrected chi connectivity index (χ1v) is 17.6. The van der Waals surface area contributed by atoms with Gasteiger partial charge in [0.25, 0.3) is 5.91 Å². The quantitative estimate of drug-likeness (QED) is 0.102. The first kappa shape index (κ1) is 34.0. The number of amides is 1. The van der Waals surface area contributed by atoms with Crippen LogP contribution in [-0.4, -0.2) is 32.1 Å². The second kappa shape index (κ2) is 16.4. The van der Waals surface area contributed by atoms with Crippen molar-refractivity contribution in [3.63, 3.8) is 0 Å². The van der Waals surface area contributed by atoms with Crippen molar-refractivity contribution in [3.05, 3.63) is 95.6 Å². The standard InChI is InChI=1S/C37H46N2O5S/c1-4-7-9-14-27-20-23-35(29(24-27)16-10-8-5-2)44-31(6-3)26-38-45(42,43)32-18-13-17-30(25-32)39-37(41)34-22-21-28-15-11-12-19-33(28)36(34)40/h11-13,15,17-25,31,38,40H,4-10,14,16,26H2,1-3H3,(H,39,41). The van der Waals surface area contributed by atoms with E-state index < -0.39 is 15.9 Å². The van der Waals surface area contributed by atoms with E-state index in [9.17, 15) is 18.3 Å². The summed E-state index contributed by atoms with van der Waals surface area (Å²) in [7, 11) is -3.90. The fourth-order valence-corrected chi connectivity index (χ4v) is 6.47. The number of carbonyl (C=O) groups excluding carboxylic acids is 1. The van der Waals surface area contributed by atoms with Crippen LogP contribution >= 0.6 is 0 Å². The van der Waals surface area contributed by atoms with Crippen molar-refractivity contribution in [2.75, 3.05) is 11.9 Å². The lowest BCUT2D eigenvalue weighted by Crippen LogP contribution is -2.35. The summed E-state index contributed by atoms with van der Waals surface area (Å²) in [5.41, 5.74) is 2.90. The maximum Gasteiger partial charge on any atom is 0.259 e. The lowest BCUT2D eigenvalue weighted by atomic mass is 10.00. The highest BCUT2D eigenvalue weighted by atomic mass is 32.2. The molecule has 4 rings (SSSR count). The Kier molecular flexibility index (Phi) is 12.4. The molecule has 1 unspecified atom stereocenters. The summed E-state index contributed by atoms with van der Waals surface area (Å²) in [5, 5.41) is 14.8. The number of phenols is 1. The monoisotopic (exact) mass is 630 g/mol. The Bertz CT molecular complexity index is 1690. The van der Waals surface area contributed by atoms with Crippen molar-refractivity contribution >= 4 is 32.4 Å². The Hall–Kier alpha value is -3.88. The Morgan fingerprint density at radius 1 is 0.844 bits per heavy atom. The number of nitrogens with one attached hydrogen (secondary N) is 2. The normalized spacial score (nSPS) is 12.2. The van der Waals surface area contributed by atoms with E-state index in [1.54, 1.807) is 36.4 Å². The number of ether oxygens (including phenoxy) is 1. The van der Waals surface area contributed by atoms with Crippen LogP contribution < -0.4 is 14.8 Å². The molecule has 3 N–H and O–H groups in total. The molecule has 0 fully saturated rings. The predicted molar refractivity (Wildman–Crippen MR) is 183 cm³/mol. The number of phenolic OH excluding ortho intramolecular Hbond substituents is 1. The number of carbonyl (C=O) groups is 1. The number of aryl methyl sites for hydroxylation is 2. The number of hydrogen-bond acceptors (Lipinski definition) is 5. The third kappa shape index (κ3) is 9.31. The molecule has 240 valence electrons. The van der Waals surface area contributed by atoms with Gasteiger partial charge < -0.3 is 15.2 Å². The van der Waals surface area contributed by atoms with Crippen molar-refractivity contribution in [2.45, 2.75) is 89.6 Å². The van der Waals surface area contributed by atoms with Crippen molar-refractivity contribution in [2.24, 2.45) is 0 Å². The molecule has 45 heavy (non-hydrogen) atoms. The van der Waals surface area contributed by atoms with Crippen molar-refractivity contribution in [1.82, 2.24) is 4.72 Å². The number of benzene rings is 4. The molecular formula is C37H46N2O5S. The number of sulfonamides is 1. The summed E-state index contributed by atoms with van der Waals surface area (Å²) in [6.45, 7) is 6.48. The van der Waals surface area contributed by atoms with Crippen LogP contribution in [0.5, 0.6) is 11.5 Å². The van der Waals surface area contributed by atoms with Crippen molar-refractivity contribution in [1.29, 1.82) is 0 Å². The van der Waals surface area contributed by atoms with E-state index in [0.717, 1.165) is 43.2 Å². The summed E-state index contributed by atoms with van der Waals surface area (Å²) in [4.78, 5) is 13.0. The molecule has 0 aliphatic heterocycles. The van der Waals surface area contributed by atoms with E-state index in [1.165, 1.54) is 42.5 Å². The third-order valence-electron chi connectivity index (χ3n) is 8.04. The van der Waals surface area contributed by atoms with Gasteiger partial charge in [0.15, 0.2) is 0 Å². The van der Waals surface area contributed by atoms with Crippen LogP contribution in [0, 0.1) is 0 Å². The zero-order valence-electron chi connectivity index (χ0n) is 26.6. The number of fused-ring (bicyclic) bond motifs is 1. The van der Waals surface area contributed by atoms with Gasteiger partial charge >= 0.3 is 0 Å². The number of rotatable bonds is 17. The fourth-order valence-electron chi connectivity index (χ4n) is 5.36. The summed E-state index contributed by atoms with van der Waals surface area (Å²) in [5.74, 6) is 0.158. The molecule has 0 aromatic heterocycles. The number of aromatic hydroxyl groups is 1. The van der Waals surface area contributed by atoms with Gasteiger partial charge in [0.1, 0.15) is 17.6 Å². The van der Waals surface area contributed by atoms with E-state index >= 15 is 0 Å². The van der Waals surface area contributed by atoms with Crippen molar-refractivity contribution < 1.29 is 23.1 Å². The van der Waals surface area contributed by atoms with Gasteiger partial charge in [0.2, 0.25) is 10.0 Å². The van der Waals surface area contributed by atoms with Crippen LogP contribution in [0.25, 0.3) is 10.8 Å². The lowest BCUT2D eigenvalue weighted by Gasteiger charge is -2.21. The molecule has 0 aliphatic rings. The van der Waals surface area contributed by atoms with E-state index in [2.05, 4.69) is 36.0 Å². The van der Waals surface area contributed by atoms with Crippen LogP contribution in [-0.2, 0) is 22.9 Å². The lowest BCUT2D eigenvalue weighted by molar-refractivity contribution is 0.102. The molecule has 0 aliphatic carbocycles. The molecule has 4 aromatic rings. The minimum Gasteiger partial charge on any atom is -0.506 e.